The maximum atomic E-state index is 13.3. The van der Waals surface area contributed by atoms with Gasteiger partial charge in [0, 0.05) is 17.3 Å². The van der Waals surface area contributed by atoms with Gasteiger partial charge < -0.3 is 19.5 Å². The molecule has 1 saturated heterocycles. The Kier molecular flexibility index (Phi) is 6.36. The lowest BCUT2D eigenvalue weighted by Crippen LogP contribution is -2.29. The lowest BCUT2D eigenvalue weighted by molar-refractivity contribution is -0.140. The number of aryl methyl sites for hydroxylation is 2. The lowest BCUT2D eigenvalue weighted by Gasteiger charge is -2.26. The van der Waals surface area contributed by atoms with Crippen LogP contribution in [0.2, 0.25) is 0 Å². The van der Waals surface area contributed by atoms with Gasteiger partial charge in [-0.05, 0) is 55.3 Å². The van der Waals surface area contributed by atoms with Crippen LogP contribution in [0.5, 0.6) is 11.5 Å². The van der Waals surface area contributed by atoms with Crippen LogP contribution in [0.1, 0.15) is 34.0 Å². The van der Waals surface area contributed by atoms with Crippen LogP contribution in [-0.2, 0) is 16.1 Å². The van der Waals surface area contributed by atoms with Gasteiger partial charge in [-0.25, -0.2) is 0 Å². The number of methoxy groups -OCH3 is 2. The summed E-state index contributed by atoms with van der Waals surface area (Å²) in [5.74, 6) is -0.510. The van der Waals surface area contributed by atoms with E-state index in [-0.39, 0.29) is 17.9 Å². The van der Waals surface area contributed by atoms with E-state index in [2.05, 4.69) is 4.98 Å². The zero-order valence-corrected chi connectivity index (χ0v) is 19.5. The molecule has 1 amide bonds. The molecule has 4 rings (SSSR count). The normalized spacial score (nSPS) is 17.2. The smallest absolute Gasteiger partial charge is 0.296 e. The summed E-state index contributed by atoms with van der Waals surface area (Å²) >= 11 is 0. The zero-order chi connectivity index (χ0) is 24.4. The fourth-order valence-corrected chi connectivity index (χ4v) is 4.33. The monoisotopic (exact) mass is 458 g/mol. The number of carbonyl (C=O) groups excluding carboxylic acids is 2. The van der Waals surface area contributed by atoms with E-state index in [0.29, 0.717) is 28.3 Å². The summed E-state index contributed by atoms with van der Waals surface area (Å²) in [6, 6.07) is 15.3. The number of nitrogens with zero attached hydrogens (tertiary/aromatic N) is 2. The molecule has 0 radical (unpaired) electrons. The van der Waals surface area contributed by atoms with Gasteiger partial charge in [0.05, 0.1) is 38.1 Å². The van der Waals surface area contributed by atoms with Gasteiger partial charge in [-0.15, -0.1) is 0 Å². The molecular weight excluding hydrogens is 432 g/mol. The Morgan fingerprint density at radius 1 is 0.971 bits per heavy atom. The Morgan fingerprint density at radius 2 is 1.68 bits per heavy atom. The summed E-state index contributed by atoms with van der Waals surface area (Å²) in [6.07, 6.45) is 1.63. The Bertz CT molecular complexity index is 1280. The second-order valence-electron chi connectivity index (χ2n) is 8.13. The Labute approximate surface area is 198 Å². The van der Waals surface area contributed by atoms with E-state index in [1.54, 1.807) is 49.7 Å². The minimum Gasteiger partial charge on any atom is -0.507 e. The van der Waals surface area contributed by atoms with Crippen LogP contribution in [-0.4, -0.2) is 40.9 Å². The number of amides is 1. The molecular formula is C27H26N2O5. The number of Topliss-reactive ketones (excluding diaryl/α,β-unsaturated/α-hetero) is 1. The first kappa shape index (κ1) is 23.0. The minimum atomic E-state index is -0.847. The van der Waals surface area contributed by atoms with Crippen molar-refractivity contribution in [2.45, 2.75) is 26.4 Å². The highest BCUT2D eigenvalue weighted by Crippen LogP contribution is 2.44. The number of aliphatic hydroxyl groups excluding tert-OH is 1. The summed E-state index contributed by atoms with van der Waals surface area (Å²) in [6.45, 7) is 3.77. The van der Waals surface area contributed by atoms with Crippen molar-refractivity contribution in [2.75, 3.05) is 14.2 Å². The molecule has 7 nitrogen and oxygen atoms in total. The van der Waals surface area contributed by atoms with Crippen molar-refractivity contribution in [3.05, 3.63) is 94.3 Å². The van der Waals surface area contributed by atoms with Crippen molar-refractivity contribution in [3.8, 4) is 11.5 Å². The summed E-state index contributed by atoms with van der Waals surface area (Å²) < 4.78 is 10.9. The summed E-state index contributed by atoms with van der Waals surface area (Å²) in [5, 5.41) is 11.4. The highest BCUT2D eigenvalue weighted by molar-refractivity contribution is 6.46. The van der Waals surface area contributed by atoms with Crippen LogP contribution in [0.4, 0.5) is 0 Å². The molecule has 0 aliphatic carbocycles. The van der Waals surface area contributed by atoms with Crippen molar-refractivity contribution in [1.29, 1.82) is 0 Å². The van der Waals surface area contributed by atoms with Gasteiger partial charge in [0.15, 0.2) is 0 Å². The van der Waals surface area contributed by atoms with Gasteiger partial charge >= 0.3 is 0 Å². The fraction of sp³-hybridized carbons (Fsp3) is 0.222. The highest BCUT2D eigenvalue weighted by atomic mass is 16.5. The minimum absolute atomic E-state index is 0.0121. The van der Waals surface area contributed by atoms with Gasteiger partial charge in [-0.3, -0.25) is 14.6 Å². The van der Waals surface area contributed by atoms with Crippen molar-refractivity contribution in [3.63, 3.8) is 0 Å². The number of ketones is 1. The number of hydrogen-bond acceptors (Lipinski definition) is 6. The first-order valence-electron chi connectivity index (χ1n) is 10.8. The topological polar surface area (TPSA) is 89.0 Å². The number of ether oxygens (including phenoxy) is 2. The van der Waals surface area contributed by atoms with Crippen molar-refractivity contribution >= 4 is 17.4 Å². The molecule has 0 saturated carbocycles. The molecule has 2 aromatic carbocycles. The number of benzene rings is 2. The number of carbonyl (C=O) groups is 2. The molecule has 1 aliphatic heterocycles. The largest absolute Gasteiger partial charge is 0.507 e. The average molecular weight is 459 g/mol. The Morgan fingerprint density at radius 3 is 2.35 bits per heavy atom. The van der Waals surface area contributed by atoms with Gasteiger partial charge in [0.25, 0.3) is 11.7 Å². The number of aromatic nitrogens is 1. The standard InChI is InChI=1S/C27H26N2O5/c1-16-14-22(34-4)17(2)13-20(16)25(30)23-24(19-10-5-6-11-21(19)33-3)29(27(32)26(23)31)15-18-9-7-8-12-28-18/h5-14,24,30H,15H2,1-4H3/b25-23+. The molecule has 1 aromatic heterocycles. The van der Waals surface area contributed by atoms with E-state index < -0.39 is 17.7 Å². The predicted molar refractivity (Wildman–Crippen MR) is 128 cm³/mol. The molecule has 0 bridgehead atoms. The SMILES string of the molecule is COc1cc(C)c(/C(O)=C2\C(=O)C(=O)N(Cc3ccccn3)C2c2ccccc2OC)cc1C. The highest BCUT2D eigenvalue weighted by Gasteiger charge is 2.47. The van der Waals surface area contributed by atoms with E-state index in [1.807, 2.05) is 32.0 Å². The summed E-state index contributed by atoms with van der Waals surface area (Å²) in [5.41, 5.74) is 3.22. The van der Waals surface area contributed by atoms with Crippen LogP contribution in [0, 0.1) is 13.8 Å². The number of para-hydroxylation sites is 1. The molecule has 0 spiro atoms. The van der Waals surface area contributed by atoms with Crippen molar-refractivity contribution in [2.24, 2.45) is 0 Å². The Balaban J connectivity index is 1.94. The molecule has 1 unspecified atom stereocenters. The molecule has 3 aromatic rings. The molecule has 1 N–H and O–H groups in total. The van der Waals surface area contributed by atoms with Crippen LogP contribution >= 0.6 is 0 Å². The average Bonchev–Trinajstić information content (AvgIpc) is 3.10. The molecule has 34 heavy (non-hydrogen) atoms. The number of hydrogen-bond donors (Lipinski definition) is 1. The number of rotatable bonds is 6. The summed E-state index contributed by atoms with van der Waals surface area (Å²) in [7, 11) is 3.10. The second kappa shape index (κ2) is 9.39. The third kappa shape index (κ3) is 4.01. The maximum absolute atomic E-state index is 13.3. The van der Waals surface area contributed by atoms with Gasteiger partial charge in [-0.2, -0.15) is 0 Å². The van der Waals surface area contributed by atoms with E-state index in [1.165, 1.54) is 12.0 Å². The van der Waals surface area contributed by atoms with E-state index in [4.69, 9.17) is 9.47 Å². The lowest BCUT2D eigenvalue weighted by atomic mass is 9.92. The van der Waals surface area contributed by atoms with Gasteiger partial charge in [-0.1, -0.05) is 24.3 Å². The van der Waals surface area contributed by atoms with Crippen LogP contribution in [0.15, 0.2) is 66.4 Å². The molecule has 174 valence electrons. The quantitative estimate of drug-likeness (QED) is 0.336. The molecule has 1 aliphatic rings. The van der Waals surface area contributed by atoms with Crippen LogP contribution in [0.3, 0.4) is 0 Å². The fourth-order valence-electron chi connectivity index (χ4n) is 4.33. The molecule has 2 heterocycles. The second-order valence-corrected chi connectivity index (χ2v) is 8.13. The van der Waals surface area contributed by atoms with E-state index in [0.717, 1.165) is 11.1 Å². The third-order valence-corrected chi connectivity index (χ3v) is 6.03. The predicted octanol–water partition coefficient (Wildman–Crippen LogP) is 4.34. The van der Waals surface area contributed by atoms with Gasteiger partial charge in [0.2, 0.25) is 0 Å². The van der Waals surface area contributed by atoms with Crippen molar-refractivity contribution < 1.29 is 24.2 Å². The van der Waals surface area contributed by atoms with Gasteiger partial charge in [0.1, 0.15) is 17.3 Å². The first-order chi connectivity index (χ1) is 16.4. The van der Waals surface area contributed by atoms with Crippen molar-refractivity contribution in [1.82, 2.24) is 9.88 Å². The van der Waals surface area contributed by atoms with E-state index >= 15 is 0 Å². The summed E-state index contributed by atoms with van der Waals surface area (Å²) in [4.78, 5) is 32.3. The van der Waals surface area contributed by atoms with Crippen LogP contribution < -0.4 is 9.47 Å². The number of aliphatic hydroxyl groups is 1. The zero-order valence-electron chi connectivity index (χ0n) is 19.5. The number of likely N-dealkylation sites (tertiary alicyclic amines) is 1. The molecule has 1 fully saturated rings. The number of pyridine rings is 1. The van der Waals surface area contributed by atoms with E-state index in [9.17, 15) is 14.7 Å². The molecule has 1 atom stereocenters. The first-order valence-corrected chi connectivity index (χ1v) is 10.8. The van der Waals surface area contributed by atoms with Crippen LogP contribution in [0.25, 0.3) is 5.76 Å². The Hall–Kier alpha value is -4.13. The third-order valence-electron chi connectivity index (χ3n) is 6.03. The molecule has 7 heteroatoms. The maximum Gasteiger partial charge on any atom is 0.296 e.